The number of fused-ring (bicyclic) bond motifs is 2. The van der Waals surface area contributed by atoms with Gasteiger partial charge in [0, 0.05) is 21.7 Å². The molecule has 25 heavy (non-hydrogen) atoms. The Hall–Kier alpha value is -2.41. The van der Waals surface area contributed by atoms with Gasteiger partial charge in [0.15, 0.2) is 0 Å². The number of hydrogen-bond acceptors (Lipinski definition) is 0. The van der Waals surface area contributed by atoms with E-state index in [2.05, 4.69) is 98.1 Å². The van der Waals surface area contributed by atoms with Crippen molar-refractivity contribution >= 4 is 32.7 Å². The van der Waals surface area contributed by atoms with Gasteiger partial charge in [-0.15, -0.1) is 0 Å². The summed E-state index contributed by atoms with van der Waals surface area (Å²) in [7, 11) is 0. The maximum Gasteiger partial charge on any atom is 0 e. The summed E-state index contributed by atoms with van der Waals surface area (Å²) in [4.78, 5) is 0. The van der Waals surface area contributed by atoms with Gasteiger partial charge < -0.3 is 0 Å². The molecule has 1 heteroatoms. The van der Waals surface area contributed by atoms with E-state index >= 15 is 0 Å². The van der Waals surface area contributed by atoms with Crippen molar-refractivity contribution in [2.24, 2.45) is 0 Å². The zero-order valence-corrected chi connectivity index (χ0v) is 15.6. The van der Waals surface area contributed by atoms with Crippen molar-refractivity contribution in [3.8, 4) is 0 Å². The first-order valence-electron chi connectivity index (χ1n) is 8.10. The van der Waals surface area contributed by atoms with Gasteiger partial charge in [-0.25, -0.2) is 0 Å². The van der Waals surface area contributed by atoms with Crippen LogP contribution in [0.3, 0.4) is 0 Å². The average Bonchev–Trinajstić information content (AvgIpc) is 2.66. The predicted octanol–water partition coefficient (Wildman–Crippen LogP) is 6.72. The molecule has 0 fully saturated rings. The summed E-state index contributed by atoms with van der Waals surface area (Å²) in [6, 6.07) is 29.5. The van der Waals surface area contributed by atoms with Crippen LogP contribution in [-0.4, -0.2) is 0 Å². The fraction of sp³-hybridized carbons (Fsp3) is 0. The Morgan fingerprint density at radius 2 is 0.840 bits per heavy atom. The first-order valence-corrected chi connectivity index (χ1v) is 8.10. The molecule has 0 unspecified atom stereocenters. The van der Waals surface area contributed by atoms with E-state index < -0.39 is 0 Å². The zero-order chi connectivity index (χ0) is 16.5. The Kier molecular flexibility index (Phi) is 5.04. The van der Waals surface area contributed by atoms with Crippen LogP contribution in [0.4, 0.5) is 0 Å². The van der Waals surface area contributed by atoms with Gasteiger partial charge in [-0.3, -0.25) is 0 Å². The number of rotatable bonds is 3. The van der Waals surface area contributed by atoms with Crippen LogP contribution in [0.25, 0.3) is 32.7 Å². The van der Waals surface area contributed by atoms with Crippen LogP contribution in [0.1, 0.15) is 11.1 Å². The molecule has 0 aliphatic carbocycles. The molecule has 0 N–H and O–H groups in total. The van der Waals surface area contributed by atoms with E-state index in [1.165, 1.54) is 21.5 Å². The minimum atomic E-state index is 0. The summed E-state index contributed by atoms with van der Waals surface area (Å²) < 4.78 is 0. The summed E-state index contributed by atoms with van der Waals surface area (Å²) in [6.45, 7) is 8.72. The fourth-order valence-electron chi connectivity index (χ4n) is 3.30. The van der Waals surface area contributed by atoms with E-state index in [9.17, 15) is 0 Å². The SMILES string of the molecule is C=C(C(=C)c1cccc2ccccc12)c1cccc2ccccc12.[Ti]. The third-order valence-electron chi connectivity index (χ3n) is 4.59. The Morgan fingerprint density at radius 1 is 0.480 bits per heavy atom. The molecule has 0 radical (unpaired) electrons. The molecule has 0 spiro atoms. The maximum atomic E-state index is 4.36. The molecule has 118 valence electrons. The Morgan fingerprint density at radius 3 is 1.28 bits per heavy atom. The number of allylic oxidation sites excluding steroid dienone is 2. The molecule has 0 saturated carbocycles. The third kappa shape index (κ3) is 3.11. The van der Waals surface area contributed by atoms with Gasteiger partial charge in [-0.2, -0.15) is 0 Å². The van der Waals surface area contributed by atoms with Crippen molar-refractivity contribution in [2.75, 3.05) is 0 Å². The molecule has 4 aromatic carbocycles. The summed E-state index contributed by atoms with van der Waals surface area (Å²) in [5, 5.41) is 4.88. The van der Waals surface area contributed by atoms with E-state index in [1.807, 2.05) is 0 Å². The molecule has 0 amide bonds. The second kappa shape index (κ2) is 7.23. The molecular formula is C24H18Ti. The molecule has 0 aliphatic heterocycles. The van der Waals surface area contributed by atoms with Gasteiger partial charge in [-0.05, 0) is 43.8 Å². The normalized spacial score (nSPS) is 10.4. The van der Waals surface area contributed by atoms with E-state index in [4.69, 9.17) is 0 Å². The van der Waals surface area contributed by atoms with Crippen LogP contribution in [0.5, 0.6) is 0 Å². The van der Waals surface area contributed by atoms with Gasteiger partial charge in [0.05, 0.1) is 0 Å². The Balaban J connectivity index is 0.00000182. The quantitative estimate of drug-likeness (QED) is 0.283. The molecule has 0 aliphatic rings. The monoisotopic (exact) mass is 354 g/mol. The van der Waals surface area contributed by atoms with Crippen LogP contribution in [0.15, 0.2) is 98.1 Å². The maximum absolute atomic E-state index is 4.36. The van der Waals surface area contributed by atoms with Gasteiger partial charge >= 0.3 is 0 Å². The first-order chi connectivity index (χ1) is 11.8. The predicted molar refractivity (Wildman–Crippen MR) is 106 cm³/mol. The Bertz CT molecular complexity index is 989. The van der Waals surface area contributed by atoms with Crippen LogP contribution in [0, 0.1) is 0 Å². The van der Waals surface area contributed by atoms with Gasteiger partial charge in [-0.1, -0.05) is 98.1 Å². The number of benzene rings is 4. The third-order valence-corrected chi connectivity index (χ3v) is 4.59. The van der Waals surface area contributed by atoms with Gasteiger partial charge in [0.2, 0.25) is 0 Å². The minimum absolute atomic E-state index is 0. The summed E-state index contributed by atoms with van der Waals surface area (Å²) in [5.41, 5.74) is 4.24. The van der Waals surface area contributed by atoms with Crippen molar-refractivity contribution in [1.82, 2.24) is 0 Å². The van der Waals surface area contributed by atoms with E-state index in [-0.39, 0.29) is 21.7 Å². The average molecular weight is 354 g/mol. The van der Waals surface area contributed by atoms with E-state index in [0.717, 1.165) is 22.3 Å². The molecule has 0 saturated heterocycles. The van der Waals surface area contributed by atoms with Crippen LogP contribution < -0.4 is 0 Å². The van der Waals surface area contributed by atoms with Gasteiger partial charge in [0.1, 0.15) is 0 Å². The summed E-state index contributed by atoms with van der Waals surface area (Å²) >= 11 is 0. The molecule has 0 bridgehead atoms. The zero-order valence-electron chi connectivity index (χ0n) is 14.0. The molecule has 0 nitrogen and oxygen atoms in total. The topological polar surface area (TPSA) is 0 Å². The van der Waals surface area contributed by atoms with Gasteiger partial charge in [0.25, 0.3) is 0 Å². The Labute approximate surface area is 163 Å². The van der Waals surface area contributed by atoms with E-state index in [0.29, 0.717) is 0 Å². The van der Waals surface area contributed by atoms with Crippen LogP contribution in [0.2, 0.25) is 0 Å². The van der Waals surface area contributed by atoms with Crippen LogP contribution in [-0.2, 0) is 21.7 Å². The summed E-state index contributed by atoms with van der Waals surface area (Å²) in [5.74, 6) is 0. The van der Waals surface area contributed by atoms with Crippen molar-refractivity contribution in [3.63, 3.8) is 0 Å². The van der Waals surface area contributed by atoms with E-state index in [1.54, 1.807) is 0 Å². The second-order valence-electron chi connectivity index (χ2n) is 6.01. The van der Waals surface area contributed by atoms with Crippen LogP contribution >= 0.6 is 0 Å². The first kappa shape index (κ1) is 17.4. The van der Waals surface area contributed by atoms with Crippen molar-refractivity contribution in [1.29, 1.82) is 0 Å². The fourth-order valence-corrected chi connectivity index (χ4v) is 3.30. The van der Waals surface area contributed by atoms with Crippen molar-refractivity contribution < 1.29 is 21.7 Å². The van der Waals surface area contributed by atoms with Crippen molar-refractivity contribution in [3.05, 3.63) is 109 Å². The number of hydrogen-bond donors (Lipinski definition) is 0. The second-order valence-corrected chi connectivity index (χ2v) is 6.01. The molecule has 4 aromatic rings. The minimum Gasteiger partial charge on any atom is -0.0905 e. The molecule has 0 aromatic heterocycles. The van der Waals surface area contributed by atoms with Crippen molar-refractivity contribution in [2.45, 2.75) is 0 Å². The summed E-state index contributed by atoms with van der Waals surface area (Å²) in [6.07, 6.45) is 0. The molecule has 4 rings (SSSR count). The smallest absolute Gasteiger partial charge is 0 e. The molecule has 0 atom stereocenters. The largest absolute Gasteiger partial charge is 0.0905 e. The molecule has 0 heterocycles. The standard InChI is InChI=1S/C24H18.Ti/c1-17(21-15-7-11-19-9-3-5-13-23(19)21)18(2)22-16-8-12-20-10-4-6-14-24(20)22;/h3-16H,1-2H2;. The molecular weight excluding hydrogens is 336 g/mol.